The number of aldehydes is 1. The van der Waals surface area contributed by atoms with Crippen molar-refractivity contribution < 1.29 is 18.3 Å². The van der Waals surface area contributed by atoms with Crippen LogP contribution < -0.4 is 0 Å². The van der Waals surface area contributed by atoms with Gasteiger partial charge in [0.2, 0.25) is 6.43 Å². The second kappa shape index (κ2) is 3.05. The molecule has 1 saturated heterocycles. The molecule has 0 radical (unpaired) electrons. The summed E-state index contributed by atoms with van der Waals surface area (Å²) in [6.07, 6.45) is -2.57. The summed E-state index contributed by atoms with van der Waals surface area (Å²) in [6, 6.07) is 0. The average Bonchev–Trinajstić information content (AvgIpc) is 2.33. The van der Waals surface area contributed by atoms with E-state index in [-0.39, 0.29) is 6.61 Å². The number of hydrogen-bond donors (Lipinski definition) is 0. The molecule has 0 saturated carbocycles. The Morgan fingerprint density at radius 2 is 2.30 bits per heavy atom. The Kier molecular flexibility index (Phi) is 2.32. The van der Waals surface area contributed by atoms with Crippen molar-refractivity contribution in [3.63, 3.8) is 0 Å². The van der Waals surface area contributed by atoms with E-state index in [9.17, 15) is 13.6 Å². The summed E-state index contributed by atoms with van der Waals surface area (Å²) in [7, 11) is 0. The molecule has 0 spiro atoms. The van der Waals surface area contributed by atoms with Crippen LogP contribution in [0.25, 0.3) is 0 Å². The Labute approximate surface area is 57.2 Å². The van der Waals surface area contributed by atoms with Gasteiger partial charge in [0.25, 0.3) is 0 Å². The fourth-order valence-corrected chi connectivity index (χ4v) is 1.04. The smallest absolute Gasteiger partial charge is 0.244 e. The summed E-state index contributed by atoms with van der Waals surface area (Å²) in [5, 5.41) is 0. The van der Waals surface area contributed by atoms with E-state index in [1.807, 2.05) is 0 Å². The molecular weight excluding hydrogens is 142 g/mol. The zero-order valence-electron chi connectivity index (χ0n) is 5.30. The number of alkyl halides is 2. The first kappa shape index (κ1) is 7.60. The van der Waals surface area contributed by atoms with E-state index < -0.39 is 18.4 Å². The summed E-state index contributed by atoms with van der Waals surface area (Å²) in [6.45, 7) is 0.276. The minimum atomic E-state index is -2.43. The molecule has 0 aromatic heterocycles. The molecule has 0 amide bonds. The van der Waals surface area contributed by atoms with Crippen molar-refractivity contribution in [1.29, 1.82) is 0 Å². The topological polar surface area (TPSA) is 26.3 Å². The largest absolute Gasteiger partial charge is 0.370 e. The summed E-state index contributed by atoms with van der Waals surface area (Å²) < 4.78 is 28.6. The Morgan fingerprint density at radius 3 is 2.70 bits per heavy atom. The van der Waals surface area contributed by atoms with Gasteiger partial charge in [0.1, 0.15) is 12.4 Å². The van der Waals surface area contributed by atoms with E-state index >= 15 is 0 Å². The molecule has 1 heterocycles. The van der Waals surface area contributed by atoms with Crippen LogP contribution in [-0.4, -0.2) is 25.4 Å². The minimum Gasteiger partial charge on any atom is -0.370 e. The van der Waals surface area contributed by atoms with E-state index in [2.05, 4.69) is 0 Å². The highest BCUT2D eigenvalue weighted by Crippen LogP contribution is 2.25. The first-order chi connectivity index (χ1) is 4.75. The Hall–Kier alpha value is -0.510. The van der Waals surface area contributed by atoms with Gasteiger partial charge in [-0.2, -0.15) is 0 Å². The molecule has 2 nitrogen and oxygen atoms in total. The fourth-order valence-electron chi connectivity index (χ4n) is 1.04. The molecule has 1 rings (SSSR count). The quantitative estimate of drug-likeness (QED) is 0.545. The second-order valence-corrected chi connectivity index (χ2v) is 2.26. The monoisotopic (exact) mass is 150 g/mol. The van der Waals surface area contributed by atoms with Gasteiger partial charge in [0, 0.05) is 6.61 Å². The lowest BCUT2D eigenvalue weighted by atomic mass is 10.0. The normalized spacial score (nSPS) is 33.1. The standard InChI is InChI=1S/C6H8F2O2/c7-6(8)4-1-2-10-5(4)3-9/h3-6H,1-2H2. The highest BCUT2D eigenvalue weighted by Gasteiger charge is 2.34. The maximum atomic E-state index is 11.9. The van der Waals surface area contributed by atoms with Gasteiger partial charge in [-0.1, -0.05) is 0 Å². The molecule has 0 N–H and O–H groups in total. The second-order valence-electron chi connectivity index (χ2n) is 2.26. The molecule has 2 atom stereocenters. The number of hydrogen-bond acceptors (Lipinski definition) is 2. The van der Waals surface area contributed by atoms with Gasteiger partial charge < -0.3 is 9.53 Å². The fraction of sp³-hybridized carbons (Fsp3) is 0.833. The molecule has 58 valence electrons. The lowest BCUT2D eigenvalue weighted by Gasteiger charge is -2.09. The van der Waals surface area contributed by atoms with Crippen molar-refractivity contribution in [2.45, 2.75) is 19.0 Å². The highest BCUT2D eigenvalue weighted by atomic mass is 19.3. The first-order valence-corrected chi connectivity index (χ1v) is 3.10. The van der Waals surface area contributed by atoms with E-state index in [4.69, 9.17) is 4.74 Å². The third kappa shape index (κ3) is 1.31. The third-order valence-corrected chi connectivity index (χ3v) is 1.64. The van der Waals surface area contributed by atoms with Crippen LogP contribution in [0.5, 0.6) is 0 Å². The van der Waals surface area contributed by atoms with Crippen molar-refractivity contribution in [3.05, 3.63) is 0 Å². The number of carbonyl (C=O) groups excluding carboxylic acids is 1. The van der Waals surface area contributed by atoms with Gasteiger partial charge in [-0.3, -0.25) is 0 Å². The number of ether oxygens (including phenoxy) is 1. The predicted molar refractivity (Wildman–Crippen MR) is 29.9 cm³/mol. The Bertz CT molecular complexity index is 127. The van der Waals surface area contributed by atoms with Crippen molar-refractivity contribution in [2.75, 3.05) is 6.61 Å². The number of carbonyl (C=O) groups is 1. The zero-order chi connectivity index (χ0) is 7.56. The molecule has 0 aromatic rings. The van der Waals surface area contributed by atoms with Gasteiger partial charge in [0.05, 0.1) is 5.92 Å². The van der Waals surface area contributed by atoms with Crippen molar-refractivity contribution in [3.8, 4) is 0 Å². The van der Waals surface area contributed by atoms with Crippen LogP contribution in [0, 0.1) is 5.92 Å². The minimum absolute atomic E-state index is 0.276. The predicted octanol–water partition coefficient (Wildman–Crippen LogP) is 0.855. The maximum Gasteiger partial charge on any atom is 0.244 e. The first-order valence-electron chi connectivity index (χ1n) is 3.10. The summed E-state index contributed by atoms with van der Waals surface area (Å²) in [5.74, 6) is -0.877. The van der Waals surface area contributed by atoms with Crippen LogP contribution in [0.1, 0.15) is 6.42 Å². The number of halogens is 2. The maximum absolute atomic E-state index is 11.9. The SMILES string of the molecule is O=CC1OCCC1C(F)F. The van der Waals surface area contributed by atoms with Gasteiger partial charge in [0.15, 0.2) is 0 Å². The van der Waals surface area contributed by atoms with Gasteiger partial charge in [-0.05, 0) is 6.42 Å². The molecule has 0 aromatic carbocycles. The lowest BCUT2D eigenvalue weighted by molar-refractivity contribution is -0.119. The molecule has 2 unspecified atom stereocenters. The summed E-state index contributed by atoms with van der Waals surface area (Å²) in [4.78, 5) is 10.1. The van der Waals surface area contributed by atoms with Crippen molar-refractivity contribution in [1.82, 2.24) is 0 Å². The molecule has 1 aliphatic rings. The molecule has 1 fully saturated rings. The van der Waals surface area contributed by atoms with E-state index in [0.717, 1.165) is 0 Å². The summed E-state index contributed by atoms with van der Waals surface area (Å²) >= 11 is 0. The third-order valence-electron chi connectivity index (χ3n) is 1.64. The molecular formula is C6H8F2O2. The molecule has 0 bridgehead atoms. The lowest BCUT2D eigenvalue weighted by Crippen LogP contribution is -2.23. The average molecular weight is 150 g/mol. The Morgan fingerprint density at radius 1 is 1.60 bits per heavy atom. The van der Waals surface area contributed by atoms with Crippen LogP contribution in [0.2, 0.25) is 0 Å². The van der Waals surface area contributed by atoms with Gasteiger partial charge in [-0.15, -0.1) is 0 Å². The van der Waals surface area contributed by atoms with Crippen LogP contribution in [0.3, 0.4) is 0 Å². The summed E-state index contributed by atoms with van der Waals surface area (Å²) in [5.41, 5.74) is 0. The molecule has 10 heavy (non-hydrogen) atoms. The Balaban J connectivity index is 2.49. The van der Waals surface area contributed by atoms with E-state index in [1.165, 1.54) is 0 Å². The van der Waals surface area contributed by atoms with E-state index in [0.29, 0.717) is 12.7 Å². The van der Waals surface area contributed by atoms with E-state index in [1.54, 1.807) is 0 Å². The molecule has 0 aliphatic carbocycles. The molecule has 1 aliphatic heterocycles. The van der Waals surface area contributed by atoms with Gasteiger partial charge >= 0.3 is 0 Å². The van der Waals surface area contributed by atoms with Crippen LogP contribution in [0.15, 0.2) is 0 Å². The zero-order valence-corrected chi connectivity index (χ0v) is 5.30. The molecule has 4 heteroatoms. The van der Waals surface area contributed by atoms with Gasteiger partial charge in [-0.25, -0.2) is 8.78 Å². The highest BCUT2D eigenvalue weighted by molar-refractivity contribution is 5.57. The van der Waals surface area contributed by atoms with Crippen LogP contribution >= 0.6 is 0 Å². The number of rotatable bonds is 2. The van der Waals surface area contributed by atoms with Crippen molar-refractivity contribution >= 4 is 6.29 Å². The van der Waals surface area contributed by atoms with Crippen LogP contribution in [0.4, 0.5) is 8.78 Å². The van der Waals surface area contributed by atoms with Crippen LogP contribution in [-0.2, 0) is 9.53 Å². The van der Waals surface area contributed by atoms with Crippen molar-refractivity contribution in [2.24, 2.45) is 5.92 Å².